The van der Waals surface area contributed by atoms with Gasteiger partial charge in [-0.15, -0.1) is 0 Å². The van der Waals surface area contributed by atoms with Crippen LogP contribution in [0.5, 0.6) is 0 Å². The number of nitrogens with zero attached hydrogens (tertiary/aromatic N) is 2. The molecule has 0 radical (unpaired) electrons. The third-order valence-corrected chi connectivity index (χ3v) is 3.60. The Morgan fingerprint density at radius 3 is 3.15 bits per heavy atom. The molecule has 0 spiro atoms. The molecule has 0 saturated heterocycles. The van der Waals surface area contributed by atoms with Crippen molar-refractivity contribution in [2.75, 3.05) is 11.9 Å². The Morgan fingerprint density at radius 2 is 2.40 bits per heavy atom. The Labute approximate surface area is 123 Å². The summed E-state index contributed by atoms with van der Waals surface area (Å²) >= 11 is 6.31. The first kappa shape index (κ1) is 13.1. The minimum absolute atomic E-state index is 0.203. The van der Waals surface area contributed by atoms with Crippen LogP contribution in [0.15, 0.2) is 49.3 Å². The third-order valence-electron chi connectivity index (χ3n) is 3.29. The summed E-state index contributed by atoms with van der Waals surface area (Å²) < 4.78 is 7.47. The highest BCUT2D eigenvalue weighted by molar-refractivity contribution is 6.33. The van der Waals surface area contributed by atoms with Crippen LogP contribution in [0.4, 0.5) is 5.69 Å². The van der Waals surface area contributed by atoms with Crippen LogP contribution in [0.25, 0.3) is 5.69 Å². The fraction of sp³-hybridized carbons (Fsp3) is 0.267. The van der Waals surface area contributed by atoms with Crippen molar-refractivity contribution >= 4 is 17.3 Å². The average Bonchev–Trinajstić information content (AvgIpc) is 3.00. The molecule has 20 heavy (non-hydrogen) atoms. The van der Waals surface area contributed by atoms with Crippen LogP contribution in [0.2, 0.25) is 5.02 Å². The van der Waals surface area contributed by atoms with Crippen LogP contribution in [-0.4, -0.2) is 22.2 Å². The summed E-state index contributed by atoms with van der Waals surface area (Å²) in [6, 6.07) is 5.83. The van der Waals surface area contributed by atoms with E-state index in [0.717, 1.165) is 30.8 Å². The zero-order chi connectivity index (χ0) is 13.8. The van der Waals surface area contributed by atoms with Crippen molar-refractivity contribution in [2.24, 2.45) is 0 Å². The third kappa shape index (κ3) is 2.80. The average molecular weight is 290 g/mol. The molecule has 5 heteroatoms. The van der Waals surface area contributed by atoms with Gasteiger partial charge in [-0.3, -0.25) is 0 Å². The predicted octanol–water partition coefficient (Wildman–Crippen LogP) is 3.63. The van der Waals surface area contributed by atoms with Gasteiger partial charge in [-0.1, -0.05) is 17.7 Å². The van der Waals surface area contributed by atoms with Crippen molar-refractivity contribution in [3.05, 3.63) is 54.3 Å². The highest BCUT2D eigenvalue weighted by Crippen LogP contribution is 2.28. The van der Waals surface area contributed by atoms with Crippen molar-refractivity contribution in [1.29, 1.82) is 0 Å². The monoisotopic (exact) mass is 289 g/mol. The van der Waals surface area contributed by atoms with Gasteiger partial charge in [-0.25, -0.2) is 4.98 Å². The number of benzene rings is 1. The number of aromatic nitrogens is 2. The van der Waals surface area contributed by atoms with E-state index in [1.54, 1.807) is 18.8 Å². The van der Waals surface area contributed by atoms with Crippen molar-refractivity contribution in [3.63, 3.8) is 0 Å². The Hall–Kier alpha value is -1.94. The Kier molecular flexibility index (Phi) is 3.92. The zero-order valence-electron chi connectivity index (χ0n) is 11.0. The molecular weight excluding hydrogens is 274 g/mol. The number of hydrogen-bond acceptors (Lipinski definition) is 3. The second-order valence-electron chi connectivity index (χ2n) is 4.69. The van der Waals surface area contributed by atoms with Crippen LogP contribution in [0.1, 0.15) is 12.8 Å². The van der Waals surface area contributed by atoms with Gasteiger partial charge in [0.15, 0.2) is 0 Å². The molecule has 2 aromatic rings. The number of ether oxygens (including phenoxy) is 1. The molecule has 1 atom stereocenters. The van der Waals surface area contributed by atoms with Crippen LogP contribution < -0.4 is 5.32 Å². The molecule has 1 aliphatic heterocycles. The van der Waals surface area contributed by atoms with E-state index in [0.29, 0.717) is 5.02 Å². The first-order valence-electron chi connectivity index (χ1n) is 6.66. The largest absolute Gasteiger partial charge is 0.497 e. The summed E-state index contributed by atoms with van der Waals surface area (Å²) in [6.45, 7) is 0.756. The number of rotatable bonds is 4. The molecule has 4 nitrogen and oxygen atoms in total. The quantitative estimate of drug-likeness (QED) is 0.934. The normalized spacial score (nSPS) is 17.8. The van der Waals surface area contributed by atoms with Crippen LogP contribution in [-0.2, 0) is 4.74 Å². The first-order chi connectivity index (χ1) is 9.84. The van der Waals surface area contributed by atoms with E-state index in [4.69, 9.17) is 16.3 Å². The Bertz CT molecular complexity index is 595. The molecule has 0 saturated carbocycles. The minimum Gasteiger partial charge on any atom is -0.497 e. The summed E-state index contributed by atoms with van der Waals surface area (Å²) in [4.78, 5) is 4.07. The summed E-state index contributed by atoms with van der Waals surface area (Å²) in [7, 11) is 0. The fourth-order valence-electron chi connectivity index (χ4n) is 2.27. The molecular formula is C15H16ClN3O. The lowest BCUT2D eigenvalue weighted by Crippen LogP contribution is -2.23. The smallest absolute Gasteiger partial charge is 0.115 e. The lowest BCUT2D eigenvalue weighted by atomic mass is 10.1. The number of para-hydroxylation sites is 1. The maximum atomic E-state index is 6.31. The van der Waals surface area contributed by atoms with Crippen molar-refractivity contribution in [2.45, 2.75) is 18.9 Å². The fourth-order valence-corrected chi connectivity index (χ4v) is 2.54. The molecule has 0 fully saturated rings. The molecule has 0 bridgehead atoms. The zero-order valence-corrected chi connectivity index (χ0v) is 11.8. The van der Waals surface area contributed by atoms with Gasteiger partial charge in [0.05, 0.1) is 35.5 Å². The van der Waals surface area contributed by atoms with Gasteiger partial charge >= 0.3 is 0 Å². The van der Waals surface area contributed by atoms with Gasteiger partial charge < -0.3 is 14.6 Å². The van der Waals surface area contributed by atoms with Crippen LogP contribution >= 0.6 is 11.6 Å². The molecule has 0 amide bonds. The lowest BCUT2D eigenvalue weighted by Gasteiger charge is -2.21. The Morgan fingerprint density at radius 1 is 1.45 bits per heavy atom. The molecule has 2 heterocycles. The number of nitrogens with one attached hydrogen (secondary N) is 1. The molecule has 1 N–H and O–H groups in total. The van der Waals surface area contributed by atoms with Gasteiger partial charge in [0, 0.05) is 12.4 Å². The second kappa shape index (κ2) is 6.01. The maximum Gasteiger partial charge on any atom is 0.115 e. The number of halogens is 1. The second-order valence-corrected chi connectivity index (χ2v) is 5.10. The van der Waals surface area contributed by atoms with Crippen molar-refractivity contribution < 1.29 is 4.74 Å². The Balaban J connectivity index is 1.79. The molecule has 1 aromatic heterocycles. The van der Waals surface area contributed by atoms with Gasteiger partial charge in [0.2, 0.25) is 0 Å². The number of imidazole rings is 1. The molecule has 1 unspecified atom stereocenters. The van der Waals surface area contributed by atoms with E-state index in [1.165, 1.54) is 0 Å². The van der Waals surface area contributed by atoms with Crippen molar-refractivity contribution in [3.8, 4) is 5.69 Å². The molecule has 0 aliphatic carbocycles. The van der Waals surface area contributed by atoms with E-state index in [9.17, 15) is 0 Å². The highest BCUT2D eigenvalue weighted by Gasteiger charge is 2.13. The number of allylic oxidation sites excluding steroid dienone is 1. The van der Waals surface area contributed by atoms with Crippen LogP contribution in [0, 0.1) is 0 Å². The van der Waals surface area contributed by atoms with Gasteiger partial charge in [0.1, 0.15) is 6.10 Å². The van der Waals surface area contributed by atoms with Gasteiger partial charge in [-0.2, -0.15) is 0 Å². The lowest BCUT2D eigenvalue weighted by molar-refractivity contribution is 0.135. The van der Waals surface area contributed by atoms with E-state index >= 15 is 0 Å². The number of hydrogen-bond donors (Lipinski definition) is 1. The summed E-state index contributed by atoms with van der Waals surface area (Å²) in [5.41, 5.74) is 1.90. The van der Waals surface area contributed by atoms with Gasteiger partial charge in [-0.05, 0) is 31.1 Å². The SMILES string of the molecule is Clc1cccc(NCC2CCC=CO2)c1-n1ccnc1. The molecule has 1 aliphatic rings. The first-order valence-corrected chi connectivity index (χ1v) is 7.03. The highest BCUT2D eigenvalue weighted by atomic mass is 35.5. The van der Waals surface area contributed by atoms with Crippen molar-refractivity contribution in [1.82, 2.24) is 9.55 Å². The summed E-state index contributed by atoms with van der Waals surface area (Å²) in [5, 5.41) is 4.11. The predicted molar refractivity (Wildman–Crippen MR) is 80.3 cm³/mol. The number of anilines is 1. The standard InChI is InChI=1S/C15H16ClN3O/c16-13-5-3-6-14(15(13)19-8-7-17-11-19)18-10-12-4-1-2-9-20-12/h2-3,5-9,11-12,18H,1,4,10H2. The molecule has 1 aromatic carbocycles. The van der Waals surface area contributed by atoms with E-state index < -0.39 is 0 Å². The van der Waals surface area contributed by atoms with E-state index in [2.05, 4.69) is 10.3 Å². The summed E-state index contributed by atoms with van der Waals surface area (Å²) in [6.07, 6.45) is 11.5. The van der Waals surface area contributed by atoms with E-state index in [-0.39, 0.29) is 6.10 Å². The molecule has 3 rings (SSSR count). The van der Waals surface area contributed by atoms with E-state index in [1.807, 2.05) is 35.0 Å². The summed E-state index contributed by atoms with van der Waals surface area (Å²) in [5.74, 6) is 0. The molecule has 104 valence electrons. The minimum atomic E-state index is 0.203. The van der Waals surface area contributed by atoms with Crippen LogP contribution in [0.3, 0.4) is 0 Å². The topological polar surface area (TPSA) is 39.1 Å². The van der Waals surface area contributed by atoms with Gasteiger partial charge in [0.25, 0.3) is 0 Å². The maximum absolute atomic E-state index is 6.31.